The number of hydrogen-bond donors (Lipinski definition) is 1. The van der Waals surface area contributed by atoms with Crippen molar-refractivity contribution in [3.05, 3.63) is 0 Å². The fourth-order valence-electron chi connectivity index (χ4n) is 2.49. The zero-order valence-corrected chi connectivity index (χ0v) is 9.92. The van der Waals surface area contributed by atoms with Crippen LogP contribution < -0.4 is 5.73 Å². The molecule has 0 heterocycles. The number of methoxy groups -OCH3 is 1. The largest absolute Gasteiger partial charge is 0.378 e. The molecule has 0 saturated heterocycles. The lowest BCUT2D eigenvalue weighted by molar-refractivity contribution is -0.122. The van der Waals surface area contributed by atoms with Crippen molar-refractivity contribution in [1.82, 2.24) is 0 Å². The molecular formula is C12H23NO2. The van der Waals surface area contributed by atoms with E-state index in [1.807, 2.05) is 0 Å². The summed E-state index contributed by atoms with van der Waals surface area (Å²) in [5.41, 5.74) is 5.43. The van der Waals surface area contributed by atoms with Gasteiger partial charge in [-0.15, -0.1) is 0 Å². The van der Waals surface area contributed by atoms with E-state index in [4.69, 9.17) is 10.5 Å². The third kappa shape index (κ3) is 3.92. The number of hydrogen-bond acceptors (Lipinski definition) is 3. The van der Waals surface area contributed by atoms with E-state index in [1.165, 1.54) is 0 Å². The molecule has 15 heavy (non-hydrogen) atoms. The van der Waals surface area contributed by atoms with Crippen molar-refractivity contribution >= 4 is 5.78 Å². The van der Waals surface area contributed by atoms with E-state index in [2.05, 4.69) is 6.92 Å². The topological polar surface area (TPSA) is 52.3 Å². The summed E-state index contributed by atoms with van der Waals surface area (Å²) in [7, 11) is 1.74. The Labute approximate surface area is 92.4 Å². The summed E-state index contributed by atoms with van der Waals surface area (Å²) in [5.74, 6) is 0.917. The molecule has 3 nitrogen and oxygen atoms in total. The van der Waals surface area contributed by atoms with E-state index >= 15 is 0 Å². The molecule has 1 aliphatic carbocycles. The fraction of sp³-hybridized carbons (Fsp3) is 0.917. The van der Waals surface area contributed by atoms with Crippen LogP contribution in [0.2, 0.25) is 0 Å². The van der Waals surface area contributed by atoms with Crippen LogP contribution in [0.25, 0.3) is 0 Å². The Balaban J connectivity index is 2.46. The molecule has 0 aromatic rings. The molecule has 1 aliphatic rings. The average Bonchev–Trinajstić information content (AvgIpc) is 2.18. The van der Waals surface area contributed by atoms with Gasteiger partial charge < -0.3 is 10.5 Å². The highest BCUT2D eigenvalue weighted by Crippen LogP contribution is 2.31. The fourth-order valence-corrected chi connectivity index (χ4v) is 2.49. The molecule has 1 rings (SSSR count). The standard InChI is InChI=1S/C12H23NO2/c1-12(15-2,6-7-13)9-10-4-3-5-11(14)8-10/h10H,3-9,13H2,1-2H3. The summed E-state index contributed by atoms with van der Waals surface area (Å²) < 4.78 is 5.52. The van der Waals surface area contributed by atoms with Gasteiger partial charge in [-0.05, 0) is 45.1 Å². The van der Waals surface area contributed by atoms with E-state index in [1.54, 1.807) is 7.11 Å². The summed E-state index contributed by atoms with van der Waals surface area (Å²) >= 11 is 0. The second kappa shape index (κ2) is 5.61. The van der Waals surface area contributed by atoms with Crippen LogP contribution in [0.4, 0.5) is 0 Å². The minimum atomic E-state index is -0.142. The van der Waals surface area contributed by atoms with Crippen molar-refractivity contribution in [1.29, 1.82) is 0 Å². The number of ether oxygens (including phenoxy) is 1. The van der Waals surface area contributed by atoms with Crippen molar-refractivity contribution in [2.24, 2.45) is 11.7 Å². The highest BCUT2D eigenvalue weighted by Gasteiger charge is 2.29. The van der Waals surface area contributed by atoms with Crippen LogP contribution in [-0.4, -0.2) is 25.0 Å². The van der Waals surface area contributed by atoms with Gasteiger partial charge in [-0.3, -0.25) is 4.79 Å². The van der Waals surface area contributed by atoms with Crippen LogP contribution in [0.1, 0.15) is 45.4 Å². The first-order valence-electron chi connectivity index (χ1n) is 5.86. The smallest absolute Gasteiger partial charge is 0.133 e. The van der Waals surface area contributed by atoms with Gasteiger partial charge in [-0.1, -0.05) is 0 Å². The lowest BCUT2D eigenvalue weighted by Crippen LogP contribution is -2.34. The predicted octanol–water partition coefficient (Wildman–Crippen LogP) is 1.89. The highest BCUT2D eigenvalue weighted by atomic mass is 16.5. The van der Waals surface area contributed by atoms with Gasteiger partial charge in [0.25, 0.3) is 0 Å². The summed E-state index contributed by atoms with van der Waals surface area (Å²) in [6.45, 7) is 2.74. The van der Waals surface area contributed by atoms with Crippen LogP contribution >= 0.6 is 0 Å². The van der Waals surface area contributed by atoms with Gasteiger partial charge in [-0.25, -0.2) is 0 Å². The Hall–Kier alpha value is -0.410. The number of ketones is 1. The van der Waals surface area contributed by atoms with Crippen molar-refractivity contribution in [3.63, 3.8) is 0 Å². The number of rotatable bonds is 5. The third-order valence-corrected chi connectivity index (χ3v) is 3.47. The Kier molecular flexibility index (Phi) is 4.74. The molecule has 1 saturated carbocycles. The maximum absolute atomic E-state index is 11.3. The predicted molar refractivity (Wildman–Crippen MR) is 60.7 cm³/mol. The van der Waals surface area contributed by atoms with Crippen LogP contribution in [0.3, 0.4) is 0 Å². The average molecular weight is 213 g/mol. The first-order chi connectivity index (χ1) is 7.09. The van der Waals surface area contributed by atoms with Gasteiger partial charge in [0.05, 0.1) is 5.60 Å². The monoisotopic (exact) mass is 213 g/mol. The van der Waals surface area contributed by atoms with Crippen LogP contribution in [0.5, 0.6) is 0 Å². The molecule has 1 fully saturated rings. The lowest BCUT2D eigenvalue weighted by atomic mass is 9.80. The Morgan fingerprint density at radius 2 is 2.33 bits per heavy atom. The maximum atomic E-state index is 11.3. The van der Waals surface area contributed by atoms with Crippen molar-refractivity contribution < 1.29 is 9.53 Å². The van der Waals surface area contributed by atoms with E-state index in [9.17, 15) is 4.79 Å². The molecular weight excluding hydrogens is 190 g/mol. The molecule has 88 valence electrons. The highest BCUT2D eigenvalue weighted by molar-refractivity contribution is 5.79. The van der Waals surface area contributed by atoms with Gasteiger partial charge >= 0.3 is 0 Å². The molecule has 2 unspecified atom stereocenters. The summed E-state index contributed by atoms with van der Waals surface area (Å²) in [5, 5.41) is 0. The quantitative estimate of drug-likeness (QED) is 0.758. The molecule has 0 spiro atoms. The van der Waals surface area contributed by atoms with Crippen LogP contribution in [0.15, 0.2) is 0 Å². The first-order valence-corrected chi connectivity index (χ1v) is 5.86. The molecule has 3 heteroatoms. The Bertz CT molecular complexity index is 218. The van der Waals surface area contributed by atoms with Crippen LogP contribution in [0, 0.1) is 5.92 Å². The molecule has 0 radical (unpaired) electrons. The summed E-state index contributed by atoms with van der Waals surface area (Å²) in [4.78, 5) is 11.3. The second-order valence-electron chi connectivity index (χ2n) is 4.90. The van der Waals surface area contributed by atoms with Gasteiger partial charge in [0.2, 0.25) is 0 Å². The number of carbonyl (C=O) groups is 1. The number of Topliss-reactive ketones (excluding diaryl/α,β-unsaturated/α-hetero) is 1. The second-order valence-corrected chi connectivity index (χ2v) is 4.90. The minimum absolute atomic E-state index is 0.142. The number of nitrogens with two attached hydrogens (primary N) is 1. The van der Waals surface area contributed by atoms with E-state index < -0.39 is 0 Å². The maximum Gasteiger partial charge on any atom is 0.133 e. The van der Waals surface area contributed by atoms with E-state index in [0.717, 1.165) is 38.5 Å². The molecule has 0 bridgehead atoms. The van der Waals surface area contributed by atoms with E-state index in [0.29, 0.717) is 18.2 Å². The SMILES string of the molecule is COC(C)(CCN)CC1CCCC(=O)C1. The molecule has 0 aliphatic heterocycles. The van der Waals surface area contributed by atoms with Crippen molar-refractivity contribution in [2.75, 3.05) is 13.7 Å². The first kappa shape index (κ1) is 12.7. The van der Waals surface area contributed by atoms with Gasteiger partial charge in [0.1, 0.15) is 5.78 Å². The normalized spacial score (nSPS) is 26.3. The van der Waals surface area contributed by atoms with Gasteiger partial charge in [-0.2, -0.15) is 0 Å². The zero-order valence-electron chi connectivity index (χ0n) is 9.92. The lowest BCUT2D eigenvalue weighted by Gasteiger charge is -2.33. The molecule has 0 aromatic carbocycles. The third-order valence-electron chi connectivity index (χ3n) is 3.47. The Morgan fingerprint density at radius 3 is 2.87 bits per heavy atom. The van der Waals surface area contributed by atoms with Gasteiger partial charge in [0, 0.05) is 20.0 Å². The van der Waals surface area contributed by atoms with E-state index in [-0.39, 0.29) is 5.60 Å². The summed E-state index contributed by atoms with van der Waals surface area (Å²) in [6.07, 6.45) is 5.56. The minimum Gasteiger partial charge on any atom is -0.378 e. The van der Waals surface area contributed by atoms with Crippen LogP contribution in [-0.2, 0) is 9.53 Å². The van der Waals surface area contributed by atoms with Crippen molar-refractivity contribution in [2.45, 2.75) is 51.0 Å². The molecule has 0 amide bonds. The van der Waals surface area contributed by atoms with Crippen molar-refractivity contribution in [3.8, 4) is 0 Å². The Morgan fingerprint density at radius 1 is 1.60 bits per heavy atom. The molecule has 2 atom stereocenters. The summed E-state index contributed by atoms with van der Waals surface area (Å²) in [6, 6.07) is 0. The number of carbonyl (C=O) groups excluding carboxylic acids is 1. The molecule has 2 N–H and O–H groups in total. The zero-order chi connectivity index (χ0) is 11.3. The molecule has 0 aromatic heterocycles. The van der Waals surface area contributed by atoms with Gasteiger partial charge in [0.15, 0.2) is 0 Å².